The Morgan fingerprint density at radius 3 is 1.86 bits per heavy atom. The van der Waals surface area contributed by atoms with Crippen LogP contribution in [0.2, 0.25) is 0 Å². The molecule has 2 aromatic heterocycles. The molecule has 1 amide bonds. The predicted octanol–water partition coefficient (Wildman–Crippen LogP) is 8.30. The first-order chi connectivity index (χ1) is 24.0. The van der Waals surface area contributed by atoms with Crippen molar-refractivity contribution < 1.29 is 9.53 Å². The SMILES string of the molecule is CC(C)c1ccc(-c2nc3ncccn3c2CN2CC3CCC(C2)N3C(=O)OC(c2ccccc2)(c2ccccc2)c2ccccc2)cc1. The van der Waals surface area contributed by atoms with E-state index in [4.69, 9.17) is 9.72 Å². The van der Waals surface area contributed by atoms with Crippen molar-refractivity contribution in [2.75, 3.05) is 13.1 Å². The first kappa shape index (κ1) is 31.0. The van der Waals surface area contributed by atoms with Crippen molar-refractivity contribution in [1.82, 2.24) is 24.2 Å². The molecule has 4 heterocycles. The van der Waals surface area contributed by atoms with Gasteiger partial charge in [-0.25, -0.2) is 14.8 Å². The van der Waals surface area contributed by atoms with E-state index in [2.05, 4.69) is 95.0 Å². The number of nitrogens with zero attached hydrogens (tertiary/aromatic N) is 5. The van der Waals surface area contributed by atoms with Crippen LogP contribution < -0.4 is 0 Å². The van der Waals surface area contributed by atoms with Crippen molar-refractivity contribution in [2.24, 2.45) is 0 Å². The van der Waals surface area contributed by atoms with E-state index in [1.807, 2.05) is 65.6 Å². The molecule has 0 radical (unpaired) electrons. The molecule has 0 saturated carbocycles. The van der Waals surface area contributed by atoms with Gasteiger partial charge in [-0.2, -0.15) is 0 Å². The van der Waals surface area contributed by atoms with Crippen LogP contribution in [0, 0.1) is 0 Å². The van der Waals surface area contributed by atoms with Crippen molar-refractivity contribution >= 4 is 11.9 Å². The molecule has 6 aromatic rings. The van der Waals surface area contributed by atoms with Gasteiger partial charge in [-0.1, -0.05) is 129 Å². The maximum atomic E-state index is 14.6. The summed E-state index contributed by atoms with van der Waals surface area (Å²) in [6.45, 7) is 6.67. The van der Waals surface area contributed by atoms with E-state index in [1.54, 1.807) is 6.20 Å². The van der Waals surface area contributed by atoms with E-state index in [-0.39, 0.29) is 18.2 Å². The van der Waals surface area contributed by atoms with Gasteiger partial charge in [0.2, 0.25) is 5.78 Å². The van der Waals surface area contributed by atoms with Crippen LogP contribution in [0.3, 0.4) is 0 Å². The van der Waals surface area contributed by atoms with Gasteiger partial charge in [-0.15, -0.1) is 0 Å². The van der Waals surface area contributed by atoms with Crippen LogP contribution in [0.1, 0.15) is 60.6 Å². The molecule has 2 saturated heterocycles. The maximum absolute atomic E-state index is 14.6. The van der Waals surface area contributed by atoms with Crippen LogP contribution in [0.25, 0.3) is 17.0 Å². The molecule has 246 valence electrons. The maximum Gasteiger partial charge on any atom is 0.411 e. The zero-order valence-corrected chi connectivity index (χ0v) is 28.0. The summed E-state index contributed by atoms with van der Waals surface area (Å²) in [6.07, 6.45) is 5.47. The number of ether oxygens (including phenoxy) is 1. The van der Waals surface area contributed by atoms with E-state index < -0.39 is 5.60 Å². The number of aromatic nitrogens is 3. The Morgan fingerprint density at radius 1 is 0.776 bits per heavy atom. The number of benzene rings is 4. The zero-order chi connectivity index (χ0) is 33.4. The monoisotopic (exact) mass is 647 g/mol. The third-order valence-corrected chi connectivity index (χ3v) is 10.3. The summed E-state index contributed by atoms with van der Waals surface area (Å²) >= 11 is 0. The second-order valence-electron chi connectivity index (χ2n) is 13.6. The van der Waals surface area contributed by atoms with Gasteiger partial charge in [0.05, 0.1) is 11.4 Å². The van der Waals surface area contributed by atoms with E-state index in [0.29, 0.717) is 18.2 Å². The summed E-state index contributed by atoms with van der Waals surface area (Å²) < 4.78 is 8.98. The Kier molecular flexibility index (Phi) is 8.22. The number of carbonyl (C=O) groups is 1. The summed E-state index contributed by atoms with van der Waals surface area (Å²) in [6, 6.07) is 41.2. The smallest absolute Gasteiger partial charge is 0.411 e. The van der Waals surface area contributed by atoms with Crippen LogP contribution in [-0.4, -0.2) is 55.4 Å². The molecular formula is C42H41N5O2. The molecule has 2 unspecified atom stereocenters. The van der Waals surface area contributed by atoms with Crippen molar-refractivity contribution in [2.45, 2.75) is 56.8 Å². The normalized spacial score (nSPS) is 17.9. The van der Waals surface area contributed by atoms with Gasteiger partial charge in [0.15, 0.2) is 5.60 Å². The summed E-state index contributed by atoms with van der Waals surface area (Å²) in [5.41, 5.74) is 6.14. The minimum atomic E-state index is -1.10. The van der Waals surface area contributed by atoms with Crippen LogP contribution >= 0.6 is 0 Å². The number of hydrogen-bond donors (Lipinski definition) is 0. The van der Waals surface area contributed by atoms with Crippen LogP contribution in [0.5, 0.6) is 0 Å². The molecule has 0 spiro atoms. The van der Waals surface area contributed by atoms with Gasteiger partial charge in [-0.3, -0.25) is 14.2 Å². The van der Waals surface area contributed by atoms with Gasteiger partial charge >= 0.3 is 6.09 Å². The summed E-state index contributed by atoms with van der Waals surface area (Å²) in [5.74, 6) is 1.16. The lowest BCUT2D eigenvalue weighted by Gasteiger charge is -2.43. The number of carbonyl (C=O) groups excluding carboxylic acids is 1. The second-order valence-corrected chi connectivity index (χ2v) is 13.6. The lowest BCUT2D eigenvalue weighted by molar-refractivity contribution is 0.00162. The molecule has 2 fully saturated rings. The number of amides is 1. The fraction of sp³-hybridized carbons (Fsp3) is 0.262. The third kappa shape index (κ3) is 5.68. The minimum Gasteiger partial charge on any atom is -0.428 e. The highest BCUT2D eigenvalue weighted by Gasteiger charge is 2.48. The quantitative estimate of drug-likeness (QED) is 0.156. The van der Waals surface area contributed by atoms with Crippen molar-refractivity contribution in [1.29, 1.82) is 0 Å². The molecule has 0 aliphatic carbocycles. The summed E-state index contributed by atoms with van der Waals surface area (Å²) in [5, 5.41) is 0. The molecule has 0 N–H and O–H groups in total. The van der Waals surface area contributed by atoms with Crippen LogP contribution in [-0.2, 0) is 16.9 Å². The molecule has 2 aliphatic heterocycles. The largest absolute Gasteiger partial charge is 0.428 e. The van der Waals surface area contributed by atoms with E-state index in [1.165, 1.54) is 5.56 Å². The van der Waals surface area contributed by atoms with Crippen LogP contribution in [0.4, 0.5) is 4.79 Å². The van der Waals surface area contributed by atoms with Gasteiger partial charge in [0, 0.05) is 66.4 Å². The summed E-state index contributed by atoms with van der Waals surface area (Å²) in [4.78, 5) is 28.6. The van der Waals surface area contributed by atoms with E-state index in [0.717, 1.165) is 59.6 Å². The van der Waals surface area contributed by atoms with Crippen molar-refractivity contribution in [3.05, 3.63) is 162 Å². The Hall–Kier alpha value is -5.27. The average Bonchev–Trinajstić information content (AvgIpc) is 3.65. The second kappa shape index (κ2) is 13.0. The fourth-order valence-electron chi connectivity index (χ4n) is 7.85. The number of rotatable bonds is 8. The predicted molar refractivity (Wildman–Crippen MR) is 192 cm³/mol. The minimum absolute atomic E-state index is 0.0531. The Bertz CT molecular complexity index is 1930. The molecule has 8 rings (SSSR count). The Morgan fingerprint density at radius 2 is 1.33 bits per heavy atom. The first-order valence-corrected chi connectivity index (χ1v) is 17.3. The fourth-order valence-corrected chi connectivity index (χ4v) is 7.85. The number of fused-ring (bicyclic) bond motifs is 3. The topological polar surface area (TPSA) is 63.0 Å². The number of likely N-dealkylation sites (tertiary alicyclic amines) is 1. The molecular weight excluding hydrogens is 606 g/mol. The highest BCUT2D eigenvalue weighted by molar-refractivity contribution is 5.72. The van der Waals surface area contributed by atoms with Gasteiger partial charge in [0.1, 0.15) is 0 Å². The molecule has 4 aromatic carbocycles. The number of hydrogen-bond acceptors (Lipinski definition) is 5. The molecule has 2 atom stereocenters. The van der Waals surface area contributed by atoms with E-state index in [9.17, 15) is 4.79 Å². The Balaban J connectivity index is 1.09. The molecule has 7 nitrogen and oxygen atoms in total. The van der Waals surface area contributed by atoms with Gasteiger partial charge < -0.3 is 4.74 Å². The first-order valence-electron chi connectivity index (χ1n) is 17.3. The standard InChI is InChI=1S/C42H41N5O2/c1-30(2)31-19-21-32(22-20-31)39-38(46-26-12-25-43-40(46)44-39)29-45-27-36-23-24-37(28-45)47(36)41(48)49-42(33-13-6-3-7-14-33,34-15-8-4-9-16-34)35-17-10-5-11-18-35/h3-22,25-26,30,36-37H,23-24,27-29H2,1-2H3. The highest BCUT2D eigenvalue weighted by Crippen LogP contribution is 2.42. The van der Waals surface area contributed by atoms with E-state index >= 15 is 0 Å². The van der Waals surface area contributed by atoms with Crippen LogP contribution in [0.15, 0.2) is 134 Å². The average molecular weight is 648 g/mol. The van der Waals surface area contributed by atoms with Crippen molar-refractivity contribution in [3.8, 4) is 11.3 Å². The zero-order valence-electron chi connectivity index (χ0n) is 28.0. The molecule has 2 bridgehead atoms. The van der Waals surface area contributed by atoms with Gasteiger partial charge in [0.25, 0.3) is 0 Å². The molecule has 7 heteroatoms. The highest BCUT2D eigenvalue weighted by atomic mass is 16.6. The molecule has 49 heavy (non-hydrogen) atoms. The van der Waals surface area contributed by atoms with Gasteiger partial charge in [-0.05, 0) is 30.4 Å². The summed E-state index contributed by atoms with van der Waals surface area (Å²) in [7, 11) is 0. The lowest BCUT2D eigenvalue weighted by atomic mass is 9.80. The van der Waals surface area contributed by atoms with Crippen molar-refractivity contribution in [3.63, 3.8) is 0 Å². The Labute approximate surface area is 287 Å². The third-order valence-electron chi connectivity index (χ3n) is 10.3. The molecule has 2 aliphatic rings. The number of piperazine rings is 1. The lowest BCUT2D eigenvalue weighted by Crippen LogP contribution is -2.56. The number of imidazole rings is 1.